The fourth-order valence-electron chi connectivity index (χ4n) is 2.28. The number of Topliss-reactive ketones (excluding diaryl/α,β-unsaturated/α-hetero) is 1. The molecule has 0 unspecified atom stereocenters. The molecule has 3 rings (SSSR count). The lowest BCUT2D eigenvalue weighted by atomic mass is 10.1. The standard InChI is InChI=1S/C15H8BrF2NO2/c16-11-6-9(17)5-4-8(11)7-19-13-10(14(20)15(19)21)2-1-3-12(13)18/h1-6H,7H2. The van der Waals surface area contributed by atoms with Gasteiger partial charge in [0.15, 0.2) is 0 Å². The Labute approximate surface area is 127 Å². The second kappa shape index (κ2) is 5.04. The highest BCUT2D eigenvalue weighted by molar-refractivity contribution is 9.10. The lowest BCUT2D eigenvalue weighted by molar-refractivity contribution is -0.114. The highest BCUT2D eigenvalue weighted by Gasteiger charge is 2.38. The molecule has 106 valence electrons. The maximum atomic E-state index is 13.9. The van der Waals surface area contributed by atoms with E-state index in [1.165, 1.54) is 36.4 Å². The molecule has 0 fully saturated rings. The molecule has 0 aromatic heterocycles. The van der Waals surface area contributed by atoms with E-state index in [1.807, 2.05) is 0 Å². The maximum Gasteiger partial charge on any atom is 0.299 e. The molecule has 0 atom stereocenters. The van der Waals surface area contributed by atoms with Gasteiger partial charge in [-0.1, -0.05) is 28.1 Å². The zero-order chi connectivity index (χ0) is 15.1. The number of rotatable bonds is 2. The molecule has 0 N–H and O–H groups in total. The van der Waals surface area contributed by atoms with Crippen molar-refractivity contribution in [3.8, 4) is 0 Å². The second-order valence-electron chi connectivity index (χ2n) is 4.59. The molecule has 1 aliphatic heterocycles. The van der Waals surface area contributed by atoms with E-state index in [-0.39, 0.29) is 17.8 Å². The molecule has 1 heterocycles. The summed E-state index contributed by atoms with van der Waals surface area (Å²) in [5.74, 6) is -2.58. The Hall–Kier alpha value is -2.08. The molecule has 0 bridgehead atoms. The predicted octanol–water partition coefficient (Wildman–Crippen LogP) is 3.46. The zero-order valence-electron chi connectivity index (χ0n) is 10.6. The number of amides is 1. The lowest BCUT2D eigenvalue weighted by Gasteiger charge is -2.18. The predicted molar refractivity (Wildman–Crippen MR) is 76.0 cm³/mol. The second-order valence-corrected chi connectivity index (χ2v) is 5.45. The Morgan fingerprint density at radius 3 is 2.57 bits per heavy atom. The first-order valence-corrected chi connectivity index (χ1v) is 6.87. The van der Waals surface area contributed by atoms with Gasteiger partial charge in [0.25, 0.3) is 11.7 Å². The molecule has 0 radical (unpaired) electrons. The van der Waals surface area contributed by atoms with Gasteiger partial charge in [-0.25, -0.2) is 8.78 Å². The van der Waals surface area contributed by atoms with Crippen molar-refractivity contribution >= 4 is 33.3 Å². The van der Waals surface area contributed by atoms with E-state index in [1.54, 1.807) is 0 Å². The highest BCUT2D eigenvalue weighted by Crippen LogP contribution is 2.33. The average molecular weight is 352 g/mol. The number of carbonyl (C=O) groups is 2. The van der Waals surface area contributed by atoms with Gasteiger partial charge < -0.3 is 0 Å². The minimum atomic E-state index is -0.786. The van der Waals surface area contributed by atoms with Crippen LogP contribution in [0.4, 0.5) is 14.5 Å². The van der Waals surface area contributed by atoms with Gasteiger partial charge in [-0.3, -0.25) is 14.5 Å². The summed E-state index contributed by atoms with van der Waals surface area (Å²) in [6.07, 6.45) is 0. The lowest BCUT2D eigenvalue weighted by Crippen LogP contribution is -2.29. The highest BCUT2D eigenvalue weighted by atomic mass is 79.9. The van der Waals surface area contributed by atoms with Gasteiger partial charge in [0.1, 0.15) is 11.6 Å². The summed E-state index contributed by atoms with van der Waals surface area (Å²) >= 11 is 3.19. The molecule has 3 nitrogen and oxygen atoms in total. The molecule has 0 spiro atoms. The Morgan fingerprint density at radius 2 is 1.86 bits per heavy atom. The van der Waals surface area contributed by atoms with Crippen LogP contribution >= 0.6 is 15.9 Å². The Bertz CT molecular complexity index is 776. The Morgan fingerprint density at radius 1 is 1.10 bits per heavy atom. The third-order valence-electron chi connectivity index (χ3n) is 3.28. The average Bonchev–Trinajstić information content (AvgIpc) is 2.68. The number of halogens is 3. The van der Waals surface area contributed by atoms with Gasteiger partial charge in [-0.15, -0.1) is 0 Å². The van der Waals surface area contributed by atoms with Crippen molar-refractivity contribution in [3.05, 3.63) is 63.6 Å². The van der Waals surface area contributed by atoms with Gasteiger partial charge >= 0.3 is 0 Å². The van der Waals surface area contributed by atoms with Crippen molar-refractivity contribution in [2.24, 2.45) is 0 Å². The first-order valence-electron chi connectivity index (χ1n) is 6.07. The number of nitrogens with zero attached hydrogens (tertiary/aromatic N) is 1. The molecule has 0 saturated heterocycles. The third kappa shape index (κ3) is 2.25. The molecule has 0 saturated carbocycles. The SMILES string of the molecule is O=C1C(=O)N(Cc2ccc(F)cc2Br)c2c(F)cccc21. The fraction of sp³-hybridized carbons (Fsp3) is 0.0667. The summed E-state index contributed by atoms with van der Waals surface area (Å²) in [6, 6.07) is 7.97. The summed E-state index contributed by atoms with van der Waals surface area (Å²) in [6.45, 7) is -0.0145. The molecule has 0 aliphatic carbocycles. The van der Waals surface area contributed by atoms with Crippen molar-refractivity contribution in [1.82, 2.24) is 0 Å². The van der Waals surface area contributed by atoms with Crippen LogP contribution in [-0.2, 0) is 11.3 Å². The van der Waals surface area contributed by atoms with Crippen LogP contribution in [0.1, 0.15) is 15.9 Å². The molecule has 2 aromatic rings. The van der Waals surface area contributed by atoms with Gasteiger partial charge in [-0.2, -0.15) is 0 Å². The molecule has 6 heteroatoms. The molecular weight excluding hydrogens is 344 g/mol. The first kappa shape index (κ1) is 13.9. The largest absolute Gasteiger partial charge is 0.299 e. The van der Waals surface area contributed by atoms with E-state index in [9.17, 15) is 18.4 Å². The molecule has 2 aromatic carbocycles. The third-order valence-corrected chi connectivity index (χ3v) is 4.02. The number of para-hydroxylation sites is 1. The first-order chi connectivity index (χ1) is 9.99. The van der Waals surface area contributed by atoms with Crippen LogP contribution in [-0.4, -0.2) is 11.7 Å². The normalized spacial score (nSPS) is 13.8. The van der Waals surface area contributed by atoms with Gasteiger partial charge in [0.05, 0.1) is 17.8 Å². The topological polar surface area (TPSA) is 37.4 Å². The number of hydrogen-bond donors (Lipinski definition) is 0. The van der Waals surface area contributed by atoms with E-state index in [4.69, 9.17) is 0 Å². The number of anilines is 1. The Balaban J connectivity index is 2.04. The van der Waals surface area contributed by atoms with E-state index < -0.39 is 23.3 Å². The maximum absolute atomic E-state index is 13.9. The van der Waals surface area contributed by atoms with E-state index in [0.29, 0.717) is 10.0 Å². The summed E-state index contributed by atoms with van der Waals surface area (Å²) in [5, 5.41) is 0. The molecule has 21 heavy (non-hydrogen) atoms. The molecular formula is C15H8BrF2NO2. The van der Waals surface area contributed by atoms with Crippen LogP contribution in [0.3, 0.4) is 0 Å². The van der Waals surface area contributed by atoms with Crippen LogP contribution in [0.2, 0.25) is 0 Å². The van der Waals surface area contributed by atoms with Crippen LogP contribution in [0.15, 0.2) is 40.9 Å². The van der Waals surface area contributed by atoms with E-state index in [0.717, 1.165) is 4.90 Å². The van der Waals surface area contributed by atoms with Crippen molar-refractivity contribution in [2.75, 3.05) is 4.90 Å². The number of fused-ring (bicyclic) bond motifs is 1. The summed E-state index contributed by atoms with van der Waals surface area (Å²) in [5.41, 5.74) is 0.607. The minimum absolute atomic E-state index is 0.0145. The quantitative estimate of drug-likeness (QED) is 0.777. The van der Waals surface area contributed by atoms with Crippen LogP contribution in [0.5, 0.6) is 0 Å². The zero-order valence-corrected chi connectivity index (χ0v) is 12.2. The fourth-order valence-corrected chi connectivity index (χ4v) is 2.76. The van der Waals surface area contributed by atoms with Crippen molar-refractivity contribution in [1.29, 1.82) is 0 Å². The minimum Gasteiger partial charge on any atom is -0.298 e. The number of benzene rings is 2. The molecule has 1 amide bonds. The number of hydrogen-bond acceptors (Lipinski definition) is 2. The van der Waals surface area contributed by atoms with Crippen molar-refractivity contribution < 1.29 is 18.4 Å². The van der Waals surface area contributed by atoms with Crippen LogP contribution < -0.4 is 4.90 Å². The monoisotopic (exact) mass is 351 g/mol. The van der Waals surface area contributed by atoms with Crippen molar-refractivity contribution in [2.45, 2.75) is 6.54 Å². The molecule has 1 aliphatic rings. The smallest absolute Gasteiger partial charge is 0.298 e. The summed E-state index contributed by atoms with van der Waals surface area (Å²) in [4.78, 5) is 25.0. The number of ketones is 1. The van der Waals surface area contributed by atoms with Crippen LogP contribution in [0, 0.1) is 11.6 Å². The van der Waals surface area contributed by atoms with E-state index >= 15 is 0 Å². The number of carbonyl (C=O) groups excluding carboxylic acids is 2. The van der Waals surface area contributed by atoms with Gasteiger partial charge in [0.2, 0.25) is 0 Å². The summed E-state index contributed by atoms with van der Waals surface area (Å²) < 4.78 is 27.5. The van der Waals surface area contributed by atoms with Gasteiger partial charge in [-0.05, 0) is 29.8 Å². The van der Waals surface area contributed by atoms with Crippen LogP contribution in [0.25, 0.3) is 0 Å². The summed E-state index contributed by atoms with van der Waals surface area (Å²) in [7, 11) is 0. The van der Waals surface area contributed by atoms with Gasteiger partial charge in [0, 0.05) is 4.47 Å². The van der Waals surface area contributed by atoms with E-state index in [2.05, 4.69) is 15.9 Å². The Kier molecular flexibility index (Phi) is 3.33. The van der Waals surface area contributed by atoms with Crippen molar-refractivity contribution in [3.63, 3.8) is 0 Å².